The second-order valence-corrected chi connectivity index (χ2v) is 33.6. The summed E-state index contributed by atoms with van der Waals surface area (Å²) >= 11 is 0. The quantitative estimate of drug-likeness (QED) is 0.0925. The molecule has 0 saturated carbocycles. The molecule has 136 heavy (non-hydrogen) atoms. The number of hydrogen-bond acceptors (Lipinski definition) is 9. The SMILES string of the molecule is [2H]c1c([2H])c([2H])c(-c2ncc(-c3cccc(-c4cccnc4)c3)c(-c3ccc(-c4ccc5ccccc5c4)cc3)n2)c([2H])c1[2H].c1cc(-c2ccc3ccccc3c2)cc(-c2nc(-c3cccc4ccccc34)ncc2-c2cccc(-c3cncc4ccccc34)c2)c1.c1cncc(-c2cccc(-c3cnc(-c4cc5ccccc5c5ccccc45)nc3-c3cccc(-c4cccc5ccccc45)c3)c2)c1. The molecule has 0 aliphatic carbocycles. The number of fused-ring (bicyclic) bond motifs is 8. The topological polar surface area (TPSA) is 116 Å². The Balaban J connectivity index is 0.000000118. The molecular weight excluding hydrogens is 1650 g/mol. The summed E-state index contributed by atoms with van der Waals surface area (Å²) in [6.07, 6.45) is 16.8. The van der Waals surface area contributed by atoms with Gasteiger partial charge in [-0.05, 0) is 197 Å². The van der Waals surface area contributed by atoms with Crippen molar-refractivity contribution in [1.29, 1.82) is 0 Å². The maximum absolute atomic E-state index is 8.51. The number of aromatic nitrogens is 9. The highest BCUT2D eigenvalue weighted by Crippen LogP contribution is 2.44. The maximum atomic E-state index is 8.51. The maximum Gasteiger partial charge on any atom is 0.160 e. The van der Waals surface area contributed by atoms with Crippen LogP contribution in [-0.2, 0) is 0 Å². The van der Waals surface area contributed by atoms with Gasteiger partial charge in [0.2, 0.25) is 0 Å². The summed E-state index contributed by atoms with van der Waals surface area (Å²) in [5.41, 5.74) is 26.0. The first-order valence-corrected chi connectivity index (χ1v) is 45.3. The Kier molecular flexibility index (Phi) is 20.8. The first-order chi connectivity index (χ1) is 69.5. The average molecular weight is 1740 g/mol. The Bertz CT molecular complexity index is 9110. The molecule has 0 atom stereocenters. The lowest BCUT2D eigenvalue weighted by atomic mass is 9.93. The van der Waals surface area contributed by atoms with Crippen molar-refractivity contribution in [2.24, 2.45) is 0 Å². The largest absolute Gasteiger partial charge is 0.264 e. The molecular formula is C127H83N9. The van der Waals surface area contributed by atoms with Crippen LogP contribution in [0.1, 0.15) is 6.85 Å². The number of hydrogen-bond donors (Lipinski definition) is 0. The van der Waals surface area contributed by atoms with Crippen LogP contribution in [0.3, 0.4) is 0 Å². The molecule has 0 fully saturated rings. The highest BCUT2D eigenvalue weighted by Gasteiger charge is 2.23. The number of pyridine rings is 3. The standard InChI is InChI=1S/2C45H29N3.C37H25N3/c1-3-19-37-30(11-1)13-9-23-38(37)32-15-8-17-35(26-32)44-43(33-16-7-14-31(25-33)36-18-10-24-46-28-36)29-47-45(48-44)42-27-34-12-2-4-20-39(34)40-21-5-6-22-41(40)42;1-2-12-32-24-34(23-22-30(32)10-1)33-15-7-18-37(25-33)44-43(29-47-45(48-44)41-21-9-14-31-11-3-5-19-39(31)41)36-17-8-16-35(26-36)42-28-46-27-38-13-4-6-20-40(38)42;1-2-9-29(10-3-1)37-39-25-35(33-13-6-12-31(23-33)34-14-7-21-38-24-34)36(40-37)28-18-15-27(16-19-28)32-20-17-26-8-4-5-11-30(26)22-32/h2*1-29H;1-25H/i;;1D,2D,3D,9D,10D. The Morgan fingerprint density at radius 2 is 0.507 bits per heavy atom. The molecule has 0 unspecified atom stereocenters. The molecule has 9 heteroatoms. The normalized spacial score (nSPS) is 11.8. The van der Waals surface area contributed by atoms with Gasteiger partial charge >= 0.3 is 0 Å². The molecule has 6 aromatic heterocycles. The molecule has 0 N–H and O–H groups in total. The van der Waals surface area contributed by atoms with E-state index < -0.39 is 18.1 Å². The average Bonchev–Trinajstić information content (AvgIpc) is 0.759. The van der Waals surface area contributed by atoms with E-state index in [4.69, 9.17) is 31.8 Å². The lowest BCUT2D eigenvalue weighted by Crippen LogP contribution is -1.97. The molecule has 0 aliphatic rings. The minimum atomic E-state index is -0.456. The Labute approximate surface area is 794 Å². The summed E-state index contributed by atoms with van der Waals surface area (Å²) in [6.45, 7) is 0. The molecule has 0 amide bonds. The third-order valence-electron chi connectivity index (χ3n) is 25.3. The summed E-state index contributed by atoms with van der Waals surface area (Å²) in [5.74, 6) is 1.47. The van der Waals surface area contributed by atoms with E-state index in [9.17, 15) is 0 Å². The van der Waals surface area contributed by atoms with E-state index in [1.807, 2.05) is 116 Å². The van der Waals surface area contributed by atoms with Crippen molar-refractivity contribution in [2.75, 3.05) is 0 Å². The summed E-state index contributed by atoms with van der Waals surface area (Å²) in [4.78, 5) is 43.4. The van der Waals surface area contributed by atoms with Crippen LogP contribution in [0, 0.1) is 0 Å². The van der Waals surface area contributed by atoms with Gasteiger partial charge in [0.25, 0.3) is 0 Å². The highest BCUT2D eigenvalue weighted by atomic mass is 14.9. The fourth-order valence-corrected chi connectivity index (χ4v) is 18.6. The van der Waals surface area contributed by atoms with Crippen molar-refractivity contribution >= 4 is 75.4 Å². The molecule has 25 aromatic rings. The Morgan fingerprint density at radius 3 is 1.07 bits per heavy atom. The predicted octanol–water partition coefficient (Wildman–Crippen LogP) is 32.7. The van der Waals surface area contributed by atoms with Crippen LogP contribution < -0.4 is 0 Å². The fraction of sp³-hybridized carbons (Fsp3) is 0. The third-order valence-corrected chi connectivity index (χ3v) is 25.3. The molecule has 6 heterocycles. The highest BCUT2D eigenvalue weighted by molar-refractivity contribution is 6.14. The van der Waals surface area contributed by atoms with Crippen molar-refractivity contribution in [2.45, 2.75) is 0 Å². The van der Waals surface area contributed by atoms with E-state index in [0.29, 0.717) is 17.3 Å². The first-order valence-electron chi connectivity index (χ1n) is 47.8. The minimum Gasteiger partial charge on any atom is -0.264 e. The van der Waals surface area contributed by atoms with Crippen molar-refractivity contribution < 1.29 is 6.85 Å². The van der Waals surface area contributed by atoms with Crippen LogP contribution in [0.15, 0.2) is 505 Å². The van der Waals surface area contributed by atoms with E-state index in [-0.39, 0.29) is 23.5 Å². The second-order valence-electron chi connectivity index (χ2n) is 33.6. The second kappa shape index (κ2) is 36.9. The Hall–Kier alpha value is -18.3. The van der Waals surface area contributed by atoms with E-state index in [1.54, 1.807) is 18.6 Å². The van der Waals surface area contributed by atoms with Crippen molar-refractivity contribution in [3.05, 3.63) is 505 Å². The number of nitrogens with zero attached hydrogens (tertiary/aromatic N) is 9. The molecule has 19 aromatic carbocycles. The van der Waals surface area contributed by atoms with Crippen LogP contribution in [0.2, 0.25) is 0 Å². The van der Waals surface area contributed by atoms with Crippen molar-refractivity contribution in [1.82, 2.24) is 44.9 Å². The molecule has 636 valence electrons. The van der Waals surface area contributed by atoms with E-state index in [2.05, 4.69) is 360 Å². The van der Waals surface area contributed by atoms with Gasteiger partial charge in [-0.15, -0.1) is 0 Å². The molecule has 9 nitrogen and oxygen atoms in total. The van der Waals surface area contributed by atoms with Gasteiger partial charge in [-0.3, -0.25) is 15.0 Å². The van der Waals surface area contributed by atoms with Crippen LogP contribution in [0.4, 0.5) is 0 Å². The van der Waals surface area contributed by atoms with Crippen LogP contribution in [0.25, 0.3) is 243 Å². The zero-order valence-electron chi connectivity index (χ0n) is 78.6. The lowest BCUT2D eigenvalue weighted by molar-refractivity contribution is 1.18. The van der Waals surface area contributed by atoms with Crippen molar-refractivity contribution in [3.8, 4) is 168 Å². The molecule has 0 saturated heterocycles. The number of rotatable bonds is 15. The zero-order chi connectivity index (χ0) is 94.8. The molecule has 0 spiro atoms. The predicted molar refractivity (Wildman–Crippen MR) is 564 cm³/mol. The third kappa shape index (κ3) is 16.7. The van der Waals surface area contributed by atoms with Gasteiger partial charge in [0, 0.05) is 128 Å². The van der Waals surface area contributed by atoms with Gasteiger partial charge in [-0.1, -0.05) is 388 Å². The number of benzene rings is 19. The smallest absolute Gasteiger partial charge is 0.160 e. The zero-order valence-corrected chi connectivity index (χ0v) is 73.6. The van der Waals surface area contributed by atoms with Gasteiger partial charge in [-0.2, -0.15) is 0 Å². The van der Waals surface area contributed by atoms with Crippen LogP contribution in [-0.4, -0.2) is 44.9 Å². The van der Waals surface area contributed by atoms with E-state index >= 15 is 0 Å². The summed E-state index contributed by atoms with van der Waals surface area (Å²) in [7, 11) is 0. The van der Waals surface area contributed by atoms with Gasteiger partial charge in [0.15, 0.2) is 17.5 Å². The summed E-state index contributed by atoms with van der Waals surface area (Å²) in [5, 5.41) is 16.6. The molecule has 0 bridgehead atoms. The van der Waals surface area contributed by atoms with Crippen molar-refractivity contribution in [3.63, 3.8) is 0 Å². The molecule has 0 radical (unpaired) electrons. The summed E-state index contributed by atoms with van der Waals surface area (Å²) in [6, 6.07) is 144. The van der Waals surface area contributed by atoms with Gasteiger partial charge in [0.1, 0.15) is 0 Å². The minimum absolute atomic E-state index is 0.0364. The lowest BCUT2D eigenvalue weighted by Gasteiger charge is -2.15. The van der Waals surface area contributed by atoms with Crippen LogP contribution in [0.5, 0.6) is 0 Å². The Morgan fingerprint density at radius 1 is 0.154 bits per heavy atom. The monoisotopic (exact) mass is 1740 g/mol. The van der Waals surface area contributed by atoms with E-state index in [0.717, 1.165) is 150 Å². The van der Waals surface area contributed by atoms with Crippen LogP contribution >= 0.6 is 0 Å². The van der Waals surface area contributed by atoms with Gasteiger partial charge in [0.05, 0.1) is 23.9 Å². The van der Waals surface area contributed by atoms with Gasteiger partial charge < -0.3 is 0 Å². The van der Waals surface area contributed by atoms with Gasteiger partial charge in [-0.25, -0.2) is 29.9 Å². The fourth-order valence-electron chi connectivity index (χ4n) is 18.6. The van der Waals surface area contributed by atoms with E-state index in [1.165, 1.54) is 65.0 Å². The molecule has 25 rings (SSSR count). The molecule has 0 aliphatic heterocycles. The summed E-state index contributed by atoms with van der Waals surface area (Å²) < 4.78 is 41.4. The first kappa shape index (κ1) is 76.5.